The van der Waals surface area contributed by atoms with E-state index in [4.69, 9.17) is 11.0 Å². The minimum absolute atomic E-state index is 0.643. The average Bonchev–Trinajstić information content (AvgIpc) is 2.09. The maximum Gasteiger partial charge on any atom is 0.101 e. The van der Waals surface area contributed by atoms with E-state index >= 15 is 0 Å². The predicted molar refractivity (Wildman–Crippen MR) is 44.4 cm³/mol. The molecule has 0 atom stereocenters. The van der Waals surface area contributed by atoms with Gasteiger partial charge < -0.3 is 5.73 Å². The molecule has 0 spiro atoms. The summed E-state index contributed by atoms with van der Waals surface area (Å²) in [5.41, 5.74) is 7.06. The van der Waals surface area contributed by atoms with Gasteiger partial charge >= 0.3 is 0 Å². The van der Waals surface area contributed by atoms with Crippen LogP contribution in [0.3, 0.4) is 0 Å². The highest BCUT2D eigenvalue weighted by atomic mass is 14.5. The zero-order chi connectivity index (χ0) is 8.10. The van der Waals surface area contributed by atoms with Crippen LogP contribution in [-0.4, -0.2) is 0 Å². The van der Waals surface area contributed by atoms with Gasteiger partial charge in [0.15, 0.2) is 0 Å². The van der Waals surface area contributed by atoms with Crippen molar-refractivity contribution in [3.8, 4) is 6.07 Å². The fourth-order valence-electron chi connectivity index (χ4n) is 1.30. The number of rotatable bonds is 1. The van der Waals surface area contributed by atoms with Gasteiger partial charge in [-0.15, -0.1) is 0 Å². The smallest absolute Gasteiger partial charge is 0.101 e. The second-order valence-electron chi connectivity index (χ2n) is 2.67. The first-order valence-corrected chi connectivity index (χ1v) is 3.90. The van der Waals surface area contributed by atoms with Crippen molar-refractivity contribution in [1.82, 2.24) is 0 Å². The SMILES string of the molecule is N#C/C(=C\N)C1=CCCCC1. The van der Waals surface area contributed by atoms with Crippen LogP contribution in [0.1, 0.15) is 25.7 Å². The number of nitrogens with zero attached hydrogens (tertiary/aromatic N) is 1. The van der Waals surface area contributed by atoms with Crippen molar-refractivity contribution in [3.05, 3.63) is 23.4 Å². The first kappa shape index (κ1) is 7.87. The number of nitriles is 1. The van der Waals surface area contributed by atoms with E-state index < -0.39 is 0 Å². The second-order valence-corrected chi connectivity index (χ2v) is 2.67. The van der Waals surface area contributed by atoms with E-state index in [2.05, 4.69) is 12.1 Å². The van der Waals surface area contributed by atoms with E-state index in [-0.39, 0.29) is 0 Å². The molecule has 0 heterocycles. The minimum Gasteiger partial charge on any atom is -0.404 e. The molecule has 1 aliphatic carbocycles. The Kier molecular flexibility index (Phi) is 2.74. The predicted octanol–water partition coefficient (Wildman–Crippen LogP) is 1.85. The van der Waals surface area contributed by atoms with Crippen LogP contribution in [-0.2, 0) is 0 Å². The lowest BCUT2D eigenvalue weighted by Gasteiger charge is -2.10. The molecule has 0 aromatic rings. The normalized spacial score (nSPS) is 18.8. The highest BCUT2D eigenvalue weighted by Crippen LogP contribution is 2.22. The van der Waals surface area contributed by atoms with Crippen molar-refractivity contribution in [3.63, 3.8) is 0 Å². The summed E-state index contributed by atoms with van der Waals surface area (Å²) in [6, 6.07) is 2.09. The van der Waals surface area contributed by atoms with E-state index in [9.17, 15) is 0 Å². The molecule has 58 valence electrons. The van der Waals surface area contributed by atoms with Crippen LogP contribution in [0.5, 0.6) is 0 Å². The molecule has 11 heavy (non-hydrogen) atoms. The van der Waals surface area contributed by atoms with Crippen LogP contribution in [0.2, 0.25) is 0 Å². The molecule has 0 aromatic carbocycles. The average molecular weight is 148 g/mol. The number of allylic oxidation sites excluding steroid dienone is 3. The highest BCUT2D eigenvalue weighted by Gasteiger charge is 2.06. The molecule has 0 fully saturated rings. The molecule has 0 saturated heterocycles. The van der Waals surface area contributed by atoms with Crippen molar-refractivity contribution in [2.45, 2.75) is 25.7 Å². The Morgan fingerprint density at radius 2 is 2.45 bits per heavy atom. The molecule has 0 amide bonds. The molecule has 2 N–H and O–H groups in total. The summed E-state index contributed by atoms with van der Waals surface area (Å²) in [4.78, 5) is 0. The summed E-state index contributed by atoms with van der Waals surface area (Å²) in [6.45, 7) is 0. The van der Waals surface area contributed by atoms with Gasteiger partial charge in [0.25, 0.3) is 0 Å². The third kappa shape index (κ3) is 1.84. The zero-order valence-corrected chi connectivity index (χ0v) is 6.51. The van der Waals surface area contributed by atoms with Crippen molar-refractivity contribution in [2.24, 2.45) is 5.73 Å². The Morgan fingerprint density at radius 1 is 1.64 bits per heavy atom. The number of hydrogen-bond acceptors (Lipinski definition) is 2. The maximum atomic E-state index is 8.64. The van der Waals surface area contributed by atoms with Gasteiger partial charge in [0.05, 0.1) is 5.57 Å². The van der Waals surface area contributed by atoms with Crippen molar-refractivity contribution in [1.29, 1.82) is 5.26 Å². The summed E-state index contributed by atoms with van der Waals surface area (Å²) < 4.78 is 0. The van der Waals surface area contributed by atoms with E-state index in [0.717, 1.165) is 18.4 Å². The lowest BCUT2D eigenvalue weighted by atomic mass is 9.95. The molecule has 0 radical (unpaired) electrons. The summed E-state index contributed by atoms with van der Waals surface area (Å²) in [5, 5.41) is 8.64. The molecule has 1 rings (SSSR count). The number of hydrogen-bond donors (Lipinski definition) is 1. The van der Waals surface area contributed by atoms with Gasteiger partial charge in [-0.1, -0.05) is 6.08 Å². The van der Waals surface area contributed by atoms with Gasteiger partial charge in [0.1, 0.15) is 6.07 Å². The van der Waals surface area contributed by atoms with Crippen LogP contribution >= 0.6 is 0 Å². The molecule has 2 heteroatoms. The molecule has 1 aliphatic rings. The van der Waals surface area contributed by atoms with Crippen LogP contribution in [0.15, 0.2) is 23.4 Å². The maximum absolute atomic E-state index is 8.64. The van der Waals surface area contributed by atoms with Gasteiger partial charge in [-0.3, -0.25) is 0 Å². The van der Waals surface area contributed by atoms with Crippen molar-refractivity contribution < 1.29 is 0 Å². The summed E-state index contributed by atoms with van der Waals surface area (Å²) in [5.74, 6) is 0. The van der Waals surface area contributed by atoms with Crippen LogP contribution in [0.25, 0.3) is 0 Å². The first-order chi connectivity index (χ1) is 5.38. The fourth-order valence-corrected chi connectivity index (χ4v) is 1.30. The van der Waals surface area contributed by atoms with Crippen LogP contribution in [0.4, 0.5) is 0 Å². The Hall–Kier alpha value is -1.23. The Morgan fingerprint density at radius 3 is 2.91 bits per heavy atom. The monoisotopic (exact) mass is 148 g/mol. The number of nitrogens with two attached hydrogens (primary N) is 1. The topological polar surface area (TPSA) is 49.8 Å². The summed E-state index contributed by atoms with van der Waals surface area (Å²) >= 11 is 0. The zero-order valence-electron chi connectivity index (χ0n) is 6.51. The molecule has 0 aromatic heterocycles. The first-order valence-electron chi connectivity index (χ1n) is 3.90. The van der Waals surface area contributed by atoms with Crippen molar-refractivity contribution in [2.75, 3.05) is 0 Å². The Balaban J connectivity index is 2.74. The van der Waals surface area contributed by atoms with Gasteiger partial charge in [-0.05, 0) is 31.3 Å². The highest BCUT2D eigenvalue weighted by molar-refractivity contribution is 5.41. The third-order valence-corrected chi connectivity index (χ3v) is 1.92. The van der Waals surface area contributed by atoms with Gasteiger partial charge in [0, 0.05) is 6.20 Å². The van der Waals surface area contributed by atoms with E-state index in [0.29, 0.717) is 5.57 Å². The van der Waals surface area contributed by atoms with E-state index in [1.54, 1.807) is 0 Å². The largest absolute Gasteiger partial charge is 0.404 e. The standard InChI is InChI=1S/C9H12N2/c10-6-9(7-11)8-4-2-1-3-5-8/h4,6H,1-3,5,10H2/b9-6+. The molecular weight excluding hydrogens is 136 g/mol. The van der Waals surface area contributed by atoms with E-state index in [1.807, 2.05) is 0 Å². The van der Waals surface area contributed by atoms with Crippen molar-refractivity contribution >= 4 is 0 Å². The third-order valence-electron chi connectivity index (χ3n) is 1.92. The second kappa shape index (κ2) is 3.82. The minimum atomic E-state index is 0.643. The van der Waals surface area contributed by atoms with Gasteiger partial charge in [-0.25, -0.2) is 0 Å². The van der Waals surface area contributed by atoms with Gasteiger partial charge in [-0.2, -0.15) is 5.26 Å². The van der Waals surface area contributed by atoms with Gasteiger partial charge in [0.2, 0.25) is 0 Å². The molecule has 0 saturated carbocycles. The van der Waals surface area contributed by atoms with Crippen LogP contribution < -0.4 is 5.73 Å². The molecule has 0 unspecified atom stereocenters. The Labute approximate surface area is 67.0 Å². The molecular formula is C9H12N2. The molecule has 0 bridgehead atoms. The molecule has 2 nitrogen and oxygen atoms in total. The lowest BCUT2D eigenvalue weighted by Crippen LogP contribution is -1.96. The summed E-state index contributed by atoms with van der Waals surface area (Å²) in [7, 11) is 0. The van der Waals surface area contributed by atoms with E-state index in [1.165, 1.54) is 19.0 Å². The fraction of sp³-hybridized carbons (Fsp3) is 0.444. The quantitative estimate of drug-likeness (QED) is 0.577. The Bertz CT molecular complexity index is 230. The van der Waals surface area contributed by atoms with Crippen LogP contribution in [0, 0.1) is 11.3 Å². The summed E-state index contributed by atoms with van der Waals surface area (Å²) in [6.07, 6.45) is 8.05. The lowest BCUT2D eigenvalue weighted by molar-refractivity contribution is 0.708. The molecule has 0 aliphatic heterocycles.